The minimum absolute atomic E-state index is 0.0687. The summed E-state index contributed by atoms with van der Waals surface area (Å²) in [6, 6.07) is 5.20. The predicted octanol–water partition coefficient (Wildman–Crippen LogP) is 4.44. The van der Waals surface area contributed by atoms with E-state index in [9.17, 15) is 18.0 Å². The summed E-state index contributed by atoms with van der Waals surface area (Å²) in [6.07, 6.45) is 2.22. The van der Waals surface area contributed by atoms with Gasteiger partial charge in [-0.1, -0.05) is 19.8 Å². The molecule has 0 fully saturated rings. The molecule has 7 nitrogen and oxygen atoms in total. The summed E-state index contributed by atoms with van der Waals surface area (Å²) in [5.74, 6) is -0.822. The molecule has 0 aliphatic carbocycles. The molecule has 3 rings (SSSR count). The Morgan fingerprint density at radius 1 is 1.26 bits per heavy atom. The number of unbranched alkanes of at least 4 members (excludes halogenated alkanes) is 2. The zero-order valence-electron chi connectivity index (χ0n) is 16.6. The second kappa shape index (κ2) is 9.73. The lowest BCUT2D eigenvalue weighted by Gasteiger charge is -2.16. The third-order valence-electron chi connectivity index (χ3n) is 4.28. The molecule has 0 unspecified atom stereocenters. The van der Waals surface area contributed by atoms with Crippen molar-refractivity contribution in [3.63, 3.8) is 0 Å². The molecule has 2 aromatic heterocycles. The Kier molecular flexibility index (Phi) is 7.06. The Hall–Kier alpha value is -3.21. The SMILES string of the molecule is CCCCCOc1ccc(NC(=S)NC(=O)c2cnc3ccnn3c2)cc1C(F)(F)F. The first-order valence-electron chi connectivity index (χ1n) is 9.53. The Labute approximate surface area is 181 Å². The molecule has 0 saturated heterocycles. The van der Waals surface area contributed by atoms with Crippen molar-refractivity contribution in [1.82, 2.24) is 19.9 Å². The van der Waals surface area contributed by atoms with Crippen molar-refractivity contribution >= 4 is 34.6 Å². The van der Waals surface area contributed by atoms with E-state index in [0.717, 1.165) is 18.9 Å². The number of nitrogens with zero attached hydrogens (tertiary/aromatic N) is 3. The molecule has 31 heavy (non-hydrogen) atoms. The second-order valence-corrected chi connectivity index (χ2v) is 7.06. The van der Waals surface area contributed by atoms with E-state index in [1.54, 1.807) is 6.07 Å². The molecule has 164 valence electrons. The molecule has 0 spiro atoms. The van der Waals surface area contributed by atoms with E-state index >= 15 is 0 Å². The van der Waals surface area contributed by atoms with Crippen LogP contribution in [0.3, 0.4) is 0 Å². The van der Waals surface area contributed by atoms with Crippen molar-refractivity contribution in [3.8, 4) is 5.75 Å². The fraction of sp³-hybridized carbons (Fsp3) is 0.300. The average Bonchev–Trinajstić information content (AvgIpc) is 3.19. The molecule has 1 amide bonds. The van der Waals surface area contributed by atoms with Crippen LogP contribution in [0.15, 0.2) is 42.9 Å². The van der Waals surface area contributed by atoms with Gasteiger partial charge >= 0.3 is 6.18 Å². The van der Waals surface area contributed by atoms with Crippen molar-refractivity contribution in [2.24, 2.45) is 0 Å². The Morgan fingerprint density at radius 2 is 2.06 bits per heavy atom. The summed E-state index contributed by atoms with van der Waals surface area (Å²) in [5.41, 5.74) is -0.100. The van der Waals surface area contributed by atoms with Crippen molar-refractivity contribution in [2.75, 3.05) is 11.9 Å². The molecule has 0 atom stereocenters. The number of hydrogen-bond donors (Lipinski definition) is 2. The van der Waals surface area contributed by atoms with Crippen molar-refractivity contribution in [2.45, 2.75) is 32.4 Å². The largest absolute Gasteiger partial charge is 0.493 e. The highest BCUT2D eigenvalue weighted by atomic mass is 32.1. The summed E-state index contributed by atoms with van der Waals surface area (Å²) in [6.45, 7) is 2.20. The van der Waals surface area contributed by atoms with E-state index in [-0.39, 0.29) is 28.7 Å². The van der Waals surface area contributed by atoms with Crippen LogP contribution in [0.4, 0.5) is 18.9 Å². The van der Waals surface area contributed by atoms with Gasteiger partial charge in [0, 0.05) is 24.1 Å². The fourth-order valence-corrected chi connectivity index (χ4v) is 2.96. The standard InChI is InChI=1S/C20H20F3N5O2S/c1-2-3-4-9-30-16-6-5-14(10-15(16)20(21,22)23)26-19(31)27-18(29)13-11-24-17-7-8-25-28(17)12-13/h5-8,10-12H,2-4,9H2,1H3,(H2,26,27,29,31). The fourth-order valence-electron chi connectivity index (χ4n) is 2.75. The Balaban J connectivity index is 1.67. The van der Waals surface area contributed by atoms with Crippen LogP contribution in [-0.4, -0.2) is 32.2 Å². The van der Waals surface area contributed by atoms with Gasteiger partial charge in [-0.15, -0.1) is 0 Å². The normalized spacial score (nSPS) is 11.4. The smallest absolute Gasteiger partial charge is 0.420 e. The zero-order chi connectivity index (χ0) is 22.4. The maximum atomic E-state index is 13.4. The number of thiocarbonyl (C=S) groups is 1. The summed E-state index contributed by atoms with van der Waals surface area (Å²) < 4.78 is 47.1. The van der Waals surface area contributed by atoms with E-state index in [4.69, 9.17) is 17.0 Å². The van der Waals surface area contributed by atoms with Crippen molar-refractivity contribution < 1.29 is 22.7 Å². The quantitative estimate of drug-likeness (QED) is 0.408. The lowest BCUT2D eigenvalue weighted by Crippen LogP contribution is -2.34. The van der Waals surface area contributed by atoms with Crippen molar-refractivity contribution in [1.29, 1.82) is 0 Å². The molecule has 2 heterocycles. The first-order valence-corrected chi connectivity index (χ1v) is 9.94. The number of amides is 1. The topological polar surface area (TPSA) is 80.5 Å². The predicted molar refractivity (Wildman–Crippen MR) is 113 cm³/mol. The number of aromatic nitrogens is 3. The van der Waals surface area contributed by atoms with E-state index in [1.165, 1.54) is 35.2 Å². The van der Waals surface area contributed by atoms with E-state index in [1.807, 2.05) is 6.92 Å². The molecule has 0 aliphatic heterocycles. The molecular weight excluding hydrogens is 431 g/mol. The molecular formula is C20H20F3N5O2S. The summed E-state index contributed by atoms with van der Waals surface area (Å²) >= 11 is 5.06. The lowest BCUT2D eigenvalue weighted by molar-refractivity contribution is -0.138. The zero-order valence-corrected chi connectivity index (χ0v) is 17.4. The number of ether oxygens (including phenoxy) is 1. The maximum absolute atomic E-state index is 13.4. The summed E-state index contributed by atoms with van der Waals surface area (Å²) in [4.78, 5) is 16.4. The number of rotatable bonds is 7. The van der Waals surface area contributed by atoms with Crippen LogP contribution in [0.5, 0.6) is 5.75 Å². The van der Waals surface area contributed by atoms with Crippen LogP contribution >= 0.6 is 12.2 Å². The van der Waals surface area contributed by atoms with Crippen LogP contribution < -0.4 is 15.4 Å². The molecule has 0 saturated carbocycles. The number of carbonyl (C=O) groups is 1. The van der Waals surface area contributed by atoms with Gasteiger partial charge in [-0.05, 0) is 36.8 Å². The van der Waals surface area contributed by atoms with Crippen LogP contribution in [0.25, 0.3) is 5.65 Å². The maximum Gasteiger partial charge on any atom is 0.420 e. The van der Waals surface area contributed by atoms with Gasteiger partial charge in [0.15, 0.2) is 10.8 Å². The lowest BCUT2D eigenvalue weighted by atomic mass is 10.1. The first-order chi connectivity index (χ1) is 14.8. The Morgan fingerprint density at radius 3 is 2.81 bits per heavy atom. The summed E-state index contributed by atoms with van der Waals surface area (Å²) in [7, 11) is 0. The highest BCUT2D eigenvalue weighted by Crippen LogP contribution is 2.38. The molecule has 0 aliphatic rings. The van der Waals surface area contributed by atoms with Crippen LogP contribution in [-0.2, 0) is 6.18 Å². The monoisotopic (exact) mass is 451 g/mol. The number of hydrogen-bond acceptors (Lipinski definition) is 5. The van der Waals surface area contributed by atoms with E-state index in [0.29, 0.717) is 12.1 Å². The van der Waals surface area contributed by atoms with Crippen LogP contribution in [0.1, 0.15) is 42.1 Å². The minimum atomic E-state index is -4.60. The molecule has 0 radical (unpaired) electrons. The number of anilines is 1. The number of alkyl halides is 3. The Bertz CT molecular complexity index is 1080. The van der Waals surface area contributed by atoms with Gasteiger partial charge in [-0.25, -0.2) is 9.50 Å². The second-order valence-electron chi connectivity index (χ2n) is 6.65. The number of halogens is 3. The van der Waals surface area contributed by atoms with Gasteiger partial charge in [-0.2, -0.15) is 18.3 Å². The third kappa shape index (κ3) is 5.91. The van der Waals surface area contributed by atoms with Gasteiger partial charge in [-0.3, -0.25) is 10.1 Å². The van der Waals surface area contributed by atoms with Crippen LogP contribution in [0, 0.1) is 0 Å². The van der Waals surface area contributed by atoms with Gasteiger partial charge < -0.3 is 10.1 Å². The van der Waals surface area contributed by atoms with Crippen molar-refractivity contribution in [3.05, 3.63) is 54.0 Å². The van der Waals surface area contributed by atoms with Crippen LogP contribution in [0.2, 0.25) is 0 Å². The van der Waals surface area contributed by atoms with Gasteiger partial charge in [0.1, 0.15) is 5.75 Å². The highest BCUT2D eigenvalue weighted by molar-refractivity contribution is 7.80. The summed E-state index contributed by atoms with van der Waals surface area (Å²) in [5, 5.41) is 8.83. The van der Waals surface area contributed by atoms with Gasteiger partial charge in [0.05, 0.1) is 23.9 Å². The number of fused-ring (bicyclic) bond motifs is 1. The molecule has 11 heteroatoms. The first kappa shape index (κ1) is 22.5. The minimum Gasteiger partial charge on any atom is -0.493 e. The third-order valence-corrected chi connectivity index (χ3v) is 4.49. The molecule has 3 aromatic rings. The van der Waals surface area contributed by atoms with Gasteiger partial charge in [0.25, 0.3) is 5.91 Å². The highest BCUT2D eigenvalue weighted by Gasteiger charge is 2.34. The number of benzene rings is 1. The van der Waals surface area contributed by atoms with E-state index in [2.05, 4.69) is 20.7 Å². The number of nitrogens with one attached hydrogen (secondary N) is 2. The number of carbonyl (C=O) groups excluding carboxylic acids is 1. The van der Waals surface area contributed by atoms with Gasteiger partial charge in [0.2, 0.25) is 0 Å². The molecule has 1 aromatic carbocycles. The van der Waals surface area contributed by atoms with E-state index < -0.39 is 17.6 Å². The average molecular weight is 451 g/mol. The molecule has 0 bridgehead atoms. The molecule has 2 N–H and O–H groups in total.